The first-order chi connectivity index (χ1) is 12.4. The molecule has 26 heavy (non-hydrogen) atoms. The predicted molar refractivity (Wildman–Crippen MR) is 95.4 cm³/mol. The van der Waals surface area contributed by atoms with Gasteiger partial charge in [-0.25, -0.2) is 0 Å². The van der Waals surface area contributed by atoms with E-state index in [0.29, 0.717) is 25.9 Å². The van der Waals surface area contributed by atoms with Crippen molar-refractivity contribution in [2.24, 2.45) is 0 Å². The highest BCUT2D eigenvalue weighted by Gasteiger charge is 2.54. The van der Waals surface area contributed by atoms with E-state index in [4.69, 9.17) is 0 Å². The molecule has 1 aliphatic carbocycles. The summed E-state index contributed by atoms with van der Waals surface area (Å²) in [5.74, 6) is 0. The van der Waals surface area contributed by atoms with Gasteiger partial charge in [0.25, 0.3) is 0 Å². The highest BCUT2D eigenvalue weighted by molar-refractivity contribution is 5.17. The Hall–Kier alpha value is -1.85. The van der Waals surface area contributed by atoms with Crippen LogP contribution in [0.15, 0.2) is 60.7 Å². The topological polar surface area (TPSA) is 23.5 Å². The van der Waals surface area contributed by atoms with E-state index >= 15 is 0 Å². The molecule has 1 fully saturated rings. The van der Waals surface area contributed by atoms with Gasteiger partial charge in [-0.3, -0.25) is 4.90 Å². The zero-order chi connectivity index (χ0) is 18.6. The van der Waals surface area contributed by atoms with Crippen LogP contribution in [-0.4, -0.2) is 27.8 Å². The summed E-state index contributed by atoms with van der Waals surface area (Å²) in [7, 11) is 0. The van der Waals surface area contributed by atoms with Gasteiger partial charge in [0.05, 0.1) is 0 Å². The molecule has 1 aliphatic rings. The van der Waals surface area contributed by atoms with Crippen LogP contribution in [0.4, 0.5) is 13.2 Å². The lowest BCUT2D eigenvalue weighted by atomic mass is 9.81. The molecule has 2 aromatic rings. The maximum Gasteiger partial charge on any atom is 0.417 e. The fourth-order valence-corrected chi connectivity index (χ4v) is 3.68. The molecule has 0 amide bonds. The number of halogens is 3. The average Bonchev–Trinajstić information content (AvgIpc) is 2.63. The van der Waals surface area contributed by atoms with Crippen LogP contribution in [-0.2, 0) is 13.1 Å². The van der Waals surface area contributed by atoms with Gasteiger partial charge in [-0.1, -0.05) is 60.7 Å². The summed E-state index contributed by atoms with van der Waals surface area (Å²) in [5, 5.41) is 9.94. The van der Waals surface area contributed by atoms with Crippen molar-refractivity contribution < 1.29 is 18.3 Å². The van der Waals surface area contributed by atoms with Gasteiger partial charge in [-0.15, -0.1) is 0 Å². The number of rotatable bonds is 5. The molecule has 2 nitrogen and oxygen atoms in total. The van der Waals surface area contributed by atoms with Gasteiger partial charge in [0.1, 0.15) is 0 Å². The first kappa shape index (κ1) is 18.9. The third kappa shape index (κ3) is 4.46. The van der Waals surface area contributed by atoms with Crippen molar-refractivity contribution in [1.82, 2.24) is 4.90 Å². The van der Waals surface area contributed by atoms with Crippen LogP contribution < -0.4 is 0 Å². The molecule has 0 bridgehead atoms. The van der Waals surface area contributed by atoms with Gasteiger partial charge in [-0.05, 0) is 36.8 Å². The normalized spacial score (nSPS) is 24.0. The minimum Gasteiger partial charge on any atom is -0.380 e. The zero-order valence-corrected chi connectivity index (χ0v) is 14.6. The molecule has 2 aromatic carbocycles. The summed E-state index contributed by atoms with van der Waals surface area (Å²) in [6.07, 6.45) is -4.34. The van der Waals surface area contributed by atoms with E-state index < -0.39 is 11.8 Å². The second kappa shape index (κ2) is 7.80. The second-order valence-electron chi connectivity index (χ2n) is 7.14. The van der Waals surface area contributed by atoms with E-state index in [1.807, 2.05) is 60.7 Å². The van der Waals surface area contributed by atoms with Crippen LogP contribution in [0.2, 0.25) is 0 Å². The lowest BCUT2D eigenvalue weighted by Gasteiger charge is -2.41. The standard InChI is InChI=1S/C21H24F3NO/c22-21(23,24)20(26)13-11-19(12-14-20)25(15-17-7-3-1-4-8-17)16-18-9-5-2-6-10-18/h1-10,19,26H,11-16H2. The number of benzene rings is 2. The van der Waals surface area contributed by atoms with Crippen LogP contribution in [0.25, 0.3) is 0 Å². The maximum absolute atomic E-state index is 13.1. The van der Waals surface area contributed by atoms with Crippen LogP contribution in [0.5, 0.6) is 0 Å². The smallest absolute Gasteiger partial charge is 0.380 e. The SMILES string of the molecule is OC1(C(F)(F)F)CCC(N(Cc2ccccc2)Cc2ccccc2)CC1. The predicted octanol–water partition coefficient (Wildman–Crippen LogP) is 4.92. The van der Waals surface area contributed by atoms with E-state index in [2.05, 4.69) is 4.90 Å². The van der Waals surface area contributed by atoms with Crippen LogP contribution in [0, 0.1) is 0 Å². The monoisotopic (exact) mass is 363 g/mol. The van der Waals surface area contributed by atoms with E-state index in [-0.39, 0.29) is 18.9 Å². The van der Waals surface area contributed by atoms with Crippen LogP contribution in [0.1, 0.15) is 36.8 Å². The Kier molecular flexibility index (Phi) is 5.68. The molecule has 0 radical (unpaired) electrons. The molecule has 140 valence electrons. The minimum absolute atomic E-state index is 0.0260. The molecule has 0 saturated heterocycles. The summed E-state index contributed by atoms with van der Waals surface area (Å²) in [4.78, 5) is 2.24. The molecule has 0 aliphatic heterocycles. The fraction of sp³-hybridized carbons (Fsp3) is 0.429. The van der Waals surface area contributed by atoms with Gasteiger partial charge < -0.3 is 5.11 Å². The van der Waals surface area contributed by atoms with Crippen molar-refractivity contribution in [3.8, 4) is 0 Å². The van der Waals surface area contributed by atoms with Crippen molar-refractivity contribution in [2.45, 2.75) is 56.6 Å². The van der Waals surface area contributed by atoms with Crippen LogP contribution in [0.3, 0.4) is 0 Å². The molecule has 0 unspecified atom stereocenters. The lowest BCUT2D eigenvalue weighted by molar-refractivity contribution is -0.272. The Morgan fingerprint density at radius 1 is 0.846 bits per heavy atom. The summed E-state index contributed by atoms with van der Waals surface area (Å²) < 4.78 is 39.3. The van der Waals surface area contributed by atoms with Crippen molar-refractivity contribution >= 4 is 0 Å². The molecule has 5 heteroatoms. The maximum atomic E-state index is 13.1. The van der Waals surface area contributed by atoms with Crippen molar-refractivity contribution in [1.29, 1.82) is 0 Å². The van der Waals surface area contributed by atoms with E-state index in [9.17, 15) is 18.3 Å². The minimum atomic E-state index is -4.55. The van der Waals surface area contributed by atoms with Crippen molar-refractivity contribution in [3.63, 3.8) is 0 Å². The average molecular weight is 363 g/mol. The first-order valence-electron chi connectivity index (χ1n) is 8.98. The van der Waals surface area contributed by atoms with Gasteiger partial charge in [-0.2, -0.15) is 13.2 Å². The summed E-state index contributed by atoms with van der Waals surface area (Å²) in [6.45, 7) is 1.37. The molecule has 0 aromatic heterocycles. The third-order valence-corrected chi connectivity index (χ3v) is 5.28. The highest BCUT2D eigenvalue weighted by atomic mass is 19.4. The largest absolute Gasteiger partial charge is 0.417 e. The Morgan fingerprint density at radius 2 is 1.27 bits per heavy atom. The number of nitrogens with zero attached hydrogens (tertiary/aromatic N) is 1. The zero-order valence-electron chi connectivity index (χ0n) is 14.6. The lowest BCUT2D eigenvalue weighted by Crippen LogP contribution is -2.51. The molecular weight excluding hydrogens is 339 g/mol. The Labute approximate surface area is 152 Å². The van der Waals surface area contributed by atoms with Crippen LogP contribution >= 0.6 is 0 Å². The van der Waals surface area contributed by atoms with E-state index in [1.165, 1.54) is 0 Å². The number of hydrogen-bond acceptors (Lipinski definition) is 2. The quantitative estimate of drug-likeness (QED) is 0.815. The molecule has 1 N–H and O–H groups in total. The Morgan fingerprint density at radius 3 is 1.65 bits per heavy atom. The highest BCUT2D eigenvalue weighted by Crippen LogP contribution is 2.42. The van der Waals surface area contributed by atoms with Crippen molar-refractivity contribution in [3.05, 3.63) is 71.8 Å². The number of alkyl halides is 3. The molecule has 0 atom stereocenters. The summed E-state index contributed by atoms with van der Waals surface area (Å²) in [5.41, 5.74) is -0.255. The van der Waals surface area contributed by atoms with E-state index in [0.717, 1.165) is 11.1 Å². The van der Waals surface area contributed by atoms with Gasteiger partial charge in [0.15, 0.2) is 5.60 Å². The summed E-state index contributed by atoms with van der Waals surface area (Å²) in [6, 6.07) is 20.0. The second-order valence-corrected chi connectivity index (χ2v) is 7.14. The number of hydrogen-bond donors (Lipinski definition) is 1. The molecule has 1 saturated carbocycles. The first-order valence-corrected chi connectivity index (χ1v) is 8.98. The summed E-state index contributed by atoms with van der Waals surface area (Å²) >= 11 is 0. The third-order valence-electron chi connectivity index (χ3n) is 5.28. The van der Waals surface area contributed by atoms with Crippen molar-refractivity contribution in [2.75, 3.05) is 0 Å². The molecule has 0 spiro atoms. The fourth-order valence-electron chi connectivity index (χ4n) is 3.68. The van der Waals surface area contributed by atoms with E-state index in [1.54, 1.807) is 0 Å². The molecular formula is C21H24F3NO. The van der Waals surface area contributed by atoms with Gasteiger partial charge in [0.2, 0.25) is 0 Å². The molecule has 0 heterocycles. The van der Waals surface area contributed by atoms with Gasteiger partial charge in [0, 0.05) is 19.1 Å². The molecule has 3 rings (SSSR count). The number of aliphatic hydroxyl groups is 1. The van der Waals surface area contributed by atoms with Gasteiger partial charge >= 0.3 is 6.18 Å². The Balaban J connectivity index is 1.73. The Bertz CT molecular complexity index is 638.